The van der Waals surface area contributed by atoms with Crippen LogP contribution in [0.5, 0.6) is 0 Å². The van der Waals surface area contributed by atoms with Crippen LogP contribution in [-0.2, 0) is 9.59 Å². The molecule has 0 saturated carbocycles. The molecule has 2 saturated heterocycles. The maximum Gasteiger partial charge on any atom is 0.451 e. The van der Waals surface area contributed by atoms with Crippen LogP contribution in [0.1, 0.15) is 26.2 Å². The molecule has 1 amide bonds. The average Bonchev–Trinajstić information content (AvgIpc) is 2.67. The molecule has 2 aliphatic heterocycles. The Morgan fingerprint density at radius 2 is 2.18 bits per heavy atom. The van der Waals surface area contributed by atoms with Crippen molar-refractivity contribution in [2.24, 2.45) is 11.7 Å². The number of amides is 1. The molecule has 0 aliphatic carbocycles. The van der Waals surface area contributed by atoms with Crippen LogP contribution in [0, 0.1) is 5.92 Å². The van der Waals surface area contributed by atoms with Gasteiger partial charge in [-0.3, -0.25) is 14.9 Å². The zero-order chi connectivity index (χ0) is 16.5. The SMILES string of the molecule is C[C@H](N)C(=O)N1CC[C@@]2(C(=O)O)NC[C@H]1[C@@H]2CCCB(O)O. The second-order valence-electron chi connectivity index (χ2n) is 6.31. The van der Waals surface area contributed by atoms with Crippen molar-refractivity contribution in [2.75, 3.05) is 13.1 Å². The van der Waals surface area contributed by atoms with Crippen molar-refractivity contribution >= 4 is 19.0 Å². The Hall–Kier alpha value is -1.16. The Labute approximate surface area is 129 Å². The highest BCUT2D eigenvalue weighted by molar-refractivity contribution is 6.40. The van der Waals surface area contributed by atoms with Gasteiger partial charge in [0.25, 0.3) is 0 Å². The van der Waals surface area contributed by atoms with Gasteiger partial charge in [-0.1, -0.05) is 6.42 Å². The number of carbonyl (C=O) groups is 2. The number of aliphatic carboxylic acids is 1. The van der Waals surface area contributed by atoms with Crippen LogP contribution >= 0.6 is 0 Å². The van der Waals surface area contributed by atoms with E-state index in [0.29, 0.717) is 32.4 Å². The van der Waals surface area contributed by atoms with Crippen molar-refractivity contribution in [2.45, 2.75) is 50.1 Å². The molecule has 2 heterocycles. The number of piperidine rings is 1. The first-order valence-electron chi connectivity index (χ1n) is 7.70. The number of likely N-dealkylation sites (tertiary alicyclic amines) is 1. The van der Waals surface area contributed by atoms with Crippen LogP contribution < -0.4 is 11.1 Å². The van der Waals surface area contributed by atoms with E-state index in [4.69, 9.17) is 15.8 Å². The molecule has 2 rings (SSSR count). The molecule has 9 heteroatoms. The zero-order valence-corrected chi connectivity index (χ0v) is 12.7. The average molecular weight is 313 g/mol. The van der Waals surface area contributed by atoms with Gasteiger partial charge in [0, 0.05) is 25.0 Å². The fourth-order valence-corrected chi connectivity index (χ4v) is 3.79. The van der Waals surface area contributed by atoms with Gasteiger partial charge in [0.05, 0.1) is 6.04 Å². The van der Waals surface area contributed by atoms with Gasteiger partial charge < -0.3 is 25.8 Å². The minimum Gasteiger partial charge on any atom is -0.480 e. The molecule has 2 aliphatic rings. The summed E-state index contributed by atoms with van der Waals surface area (Å²) >= 11 is 0. The predicted octanol–water partition coefficient (Wildman–Crippen LogP) is -1.77. The lowest BCUT2D eigenvalue weighted by Gasteiger charge is -2.44. The Bertz CT molecular complexity index is 447. The normalized spacial score (nSPS) is 31.9. The molecule has 0 aromatic carbocycles. The highest BCUT2D eigenvalue weighted by Gasteiger charge is 2.58. The van der Waals surface area contributed by atoms with Crippen LogP contribution in [0.15, 0.2) is 0 Å². The maximum atomic E-state index is 12.2. The van der Waals surface area contributed by atoms with Crippen molar-refractivity contribution in [3.8, 4) is 0 Å². The standard InChI is InChI=1S/C13H24BN3O5/c1-8(15)11(18)17-6-4-13(12(19)20)9(10(17)7-16-13)3-2-5-14(21)22/h8-10,16,21-22H,2-7,15H2,1H3,(H,19,20)/t8-,9-,10-,13+/m0/s1. The number of nitrogens with zero attached hydrogens (tertiary/aromatic N) is 1. The topological polar surface area (TPSA) is 136 Å². The summed E-state index contributed by atoms with van der Waals surface area (Å²) in [6.07, 6.45) is 1.55. The van der Waals surface area contributed by atoms with Gasteiger partial charge in [0.15, 0.2) is 0 Å². The monoisotopic (exact) mass is 313 g/mol. The van der Waals surface area contributed by atoms with Gasteiger partial charge in [-0.2, -0.15) is 0 Å². The van der Waals surface area contributed by atoms with Gasteiger partial charge in [0.2, 0.25) is 5.91 Å². The lowest BCUT2D eigenvalue weighted by Crippen LogP contribution is -2.61. The number of rotatable bonds is 6. The smallest absolute Gasteiger partial charge is 0.451 e. The van der Waals surface area contributed by atoms with Crippen LogP contribution in [-0.4, -0.2) is 69.8 Å². The molecular weight excluding hydrogens is 289 g/mol. The van der Waals surface area contributed by atoms with Gasteiger partial charge >= 0.3 is 13.1 Å². The first kappa shape index (κ1) is 17.2. The number of fused-ring (bicyclic) bond motifs is 2. The maximum absolute atomic E-state index is 12.2. The van der Waals surface area contributed by atoms with E-state index < -0.39 is 24.7 Å². The van der Waals surface area contributed by atoms with E-state index in [0.717, 1.165) is 0 Å². The molecule has 22 heavy (non-hydrogen) atoms. The van der Waals surface area contributed by atoms with Crippen molar-refractivity contribution in [3.05, 3.63) is 0 Å². The molecule has 0 aromatic rings. The summed E-state index contributed by atoms with van der Waals surface area (Å²) in [6.45, 7) is 2.43. The molecule has 0 unspecified atom stereocenters. The van der Waals surface area contributed by atoms with E-state index in [9.17, 15) is 14.7 Å². The Kier molecular flexibility index (Phi) is 5.11. The summed E-state index contributed by atoms with van der Waals surface area (Å²) in [5, 5.41) is 30.6. The quantitative estimate of drug-likeness (QED) is 0.366. The number of carbonyl (C=O) groups excluding carboxylic acids is 1. The van der Waals surface area contributed by atoms with Gasteiger partial charge in [-0.05, 0) is 26.1 Å². The van der Waals surface area contributed by atoms with E-state index in [-0.39, 0.29) is 24.2 Å². The molecule has 124 valence electrons. The molecule has 8 nitrogen and oxygen atoms in total. The second-order valence-corrected chi connectivity index (χ2v) is 6.31. The van der Waals surface area contributed by atoms with Gasteiger partial charge in [-0.25, -0.2) is 0 Å². The number of nitrogens with two attached hydrogens (primary N) is 1. The zero-order valence-electron chi connectivity index (χ0n) is 12.7. The summed E-state index contributed by atoms with van der Waals surface area (Å²) in [5.74, 6) is -1.32. The van der Waals surface area contributed by atoms with Crippen LogP contribution in [0.4, 0.5) is 0 Å². The molecule has 0 spiro atoms. The molecular formula is C13H24BN3O5. The van der Waals surface area contributed by atoms with Crippen molar-refractivity contribution in [1.82, 2.24) is 10.2 Å². The van der Waals surface area contributed by atoms with Gasteiger partial charge in [0.1, 0.15) is 5.54 Å². The minimum absolute atomic E-state index is 0.167. The second kappa shape index (κ2) is 6.53. The van der Waals surface area contributed by atoms with E-state index >= 15 is 0 Å². The fraction of sp³-hybridized carbons (Fsp3) is 0.846. The largest absolute Gasteiger partial charge is 0.480 e. The summed E-state index contributed by atoms with van der Waals surface area (Å²) in [6, 6.07) is -0.822. The Morgan fingerprint density at radius 1 is 1.50 bits per heavy atom. The number of nitrogens with one attached hydrogen (secondary N) is 1. The molecule has 6 N–H and O–H groups in total. The van der Waals surface area contributed by atoms with E-state index in [1.165, 1.54) is 0 Å². The van der Waals surface area contributed by atoms with Crippen molar-refractivity contribution in [1.29, 1.82) is 0 Å². The van der Waals surface area contributed by atoms with Crippen LogP contribution in [0.2, 0.25) is 6.32 Å². The summed E-state index contributed by atoms with van der Waals surface area (Å²) in [7, 11) is -1.39. The first-order chi connectivity index (χ1) is 10.3. The van der Waals surface area contributed by atoms with E-state index in [1.807, 2.05) is 0 Å². The lowest BCUT2D eigenvalue weighted by atomic mass is 9.72. The van der Waals surface area contributed by atoms with Crippen molar-refractivity contribution in [3.63, 3.8) is 0 Å². The molecule has 0 radical (unpaired) electrons. The first-order valence-corrected chi connectivity index (χ1v) is 7.70. The summed E-state index contributed by atoms with van der Waals surface area (Å²) < 4.78 is 0. The predicted molar refractivity (Wildman–Crippen MR) is 79.9 cm³/mol. The molecule has 2 fully saturated rings. The lowest BCUT2D eigenvalue weighted by molar-refractivity contribution is -0.152. The highest BCUT2D eigenvalue weighted by Crippen LogP contribution is 2.41. The number of carboxylic acid groups (broad SMARTS) is 1. The Balaban J connectivity index is 2.17. The van der Waals surface area contributed by atoms with Crippen LogP contribution in [0.3, 0.4) is 0 Å². The highest BCUT2D eigenvalue weighted by atomic mass is 16.4. The Morgan fingerprint density at radius 3 is 2.73 bits per heavy atom. The van der Waals surface area contributed by atoms with Crippen molar-refractivity contribution < 1.29 is 24.7 Å². The fourth-order valence-electron chi connectivity index (χ4n) is 3.79. The molecule has 2 bridgehead atoms. The third-order valence-corrected chi connectivity index (χ3v) is 4.90. The van der Waals surface area contributed by atoms with E-state index in [2.05, 4.69) is 5.32 Å². The van der Waals surface area contributed by atoms with E-state index in [1.54, 1.807) is 11.8 Å². The third-order valence-electron chi connectivity index (χ3n) is 4.90. The minimum atomic E-state index is -1.39. The number of hydrogen-bond donors (Lipinski definition) is 5. The van der Waals surface area contributed by atoms with Crippen LogP contribution in [0.25, 0.3) is 0 Å². The molecule has 4 atom stereocenters. The van der Waals surface area contributed by atoms with Gasteiger partial charge in [-0.15, -0.1) is 0 Å². The summed E-state index contributed by atoms with van der Waals surface area (Å²) in [4.78, 5) is 25.7. The molecule has 0 aromatic heterocycles. The number of hydrogen-bond acceptors (Lipinski definition) is 6. The summed E-state index contributed by atoms with van der Waals surface area (Å²) in [5.41, 5.74) is 4.65. The third kappa shape index (κ3) is 2.98. The number of carboxylic acids is 1.